The van der Waals surface area contributed by atoms with E-state index >= 15 is 13.2 Å². The third-order valence-electron chi connectivity index (χ3n) is 8.20. The van der Waals surface area contributed by atoms with Crippen molar-refractivity contribution >= 4 is 11.9 Å². The molecular weight excluding hydrogens is 539 g/mol. The number of fused-ring (bicyclic) bond motifs is 1. The minimum absolute atomic E-state index is 0.0482. The number of likely N-dealkylation sites (tertiary alicyclic amines) is 1. The fourth-order valence-electron chi connectivity index (χ4n) is 5.69. The zero-order valence-electron chi connectivity index (χ0n) is 23.2. The molecule has 3 aliphatic rings. The Morgan fingerprint density at radius 3 is 2.54 bits per heavy atom. The Hall–Kier alpha value is -3.67. The van der Waals surface area contributed by atoms with Crippen molar-refractivity contribution in [1.29, 1.82) is 0 Å². The summed E-state index contributed by atoms with van der Waals surface area (Å²) in [6.07, 6.45) is 0.795. The fourth-order valence-corrected chi connectivity index (χ4v) is 5.69. The monoisotopic (exact) mass is 571 g/mol. The number of β-amino-alcohol motifs (C(OH)–C–C–N with tert-alkyl or cyclic N) is 1. The lowest BCUT2D eigenvalue weighted by Crippen LogP contribution is -2.61. The van der Waals surface area contributed by atoms with Crippen molar-refractivity contribution in [3.05, 3.63) is 53.2 Å². The van der Waals surface area contributed by atoms with E-state index in [4.69, 9.17) is 9.26 Å². The van der Waals surface area contributed by atoms with Gasteiger partial charge in [0, 0.05) is 67.5 Å². The third kappa shape index (κ3) is 4.92. The van der Waals surface area contributed by atoms with Gasteiger partial charge >= 0.3 is 6.01 Å². The minimum Gasteiger partial charge on any atom is -0.479 e. The number of aliphatic hydroxyl groups is 1. The van der Waals surface area contributed by atoms with Crippen molar-refractivity contribution in [2.75, 3.05) is 31.1 Å². The summed E-state index contributed by atoms with van der Waals surface area (Å²) in [6, 6.07) is 5.75. The normalized spacial score (nSPS) is 21.6. The summed E-state index contributed by atoms with van der Waals surface area (Å²) in [7, 11) is 0. The summed E-state index contributed by atoms with van der Waals surface area (Å²) >= 11 is 0. The number of hydrogen-bond acceptors (Lipinski definition) is 8. The van der Waals surface area contributed by atoms with E-state index in [0.717, 1.165) is 6.07 Å². The lowest BCUT2D eigenvalue weighted by Gasteiger charge is -2.48. The van der Waals surface area contributed by atoms with Gasteiger partial charge < -0.3 is 24.2 Å². The molecule has 1 spiro atoms. The number of amides is 1. The number of carbonyl (C=O) groups is 1. The number of alkyl halides is 2. The van der Waals surface area contributed by atoms with Crippen LogP contribution in [0.15, 0.2) is 35.0 Å². The van der Waals surface area contributed by atoms with Crippen LogP contribution in [0.1, 0.15) is 61.8 Å². The van der Waals surface area contributed by atoms with Crippen LogP contribution in [-0.4, -0.2) is 74.8 Å². The molecule has 12 heteroatoms. The van der Waals surface area contributed by atoms with Gasteiger partial charge in [-0.2, -0.15) is 4.98 Å². The van der Waals surface area contributed by atoms with Crippen LogP contribution in [0.4, 0.5) is 19.2 Å². The molecule has 1 atom stereocenters. The smallest absolute Gasteiger partial charge is 0.324 e. The summed E-state index contributed by atoms with van der Waals surface area (Å²) in [6.45, 7) is 7.02. The highest BCUT2D eigenvalue weighted by Gasteiger charge is 2.60. The first-order chi connectivity index (χ1) is 19.3. The summed E-state index contributed by atoms with van der Waals surface area (Å²) in [5.41, 5.74) is -1.34. The van der Waals surface area contributed by atoms with Gasteiger partial charge in [-0.3, -0.25) is 9.78 Å². The second kappa shape index (κ2) is 9.71. The van der Waals surface area contributed by atoms with E-state index in [0.29, 0.717) is 24.8 Å². The van der Waals surface area contributed by atoms with E-state index in [1.54, 1.807) is 4.90 Å². The predicted octanol–water partition coefficient (Wildman–Crippen LogP) is 4.38. The van der Waals surface area contributed by atoms with Gasteiger partial charge in [-0.25, -0.2) is 13.2 Å². The highest BCUT2D eigenvalue weighted by Crippen LogP contribution is 2.49. The van der Waals surface area contributed by atoms with Gasteiger partial charge in [0.1, 0.15) is 11.6 Å². The molecule has 3 aliphatic heterocycles. The summed E-state index contributed by atoms with van der Waals surface area (Å²) in [5, 5.41) is 13.7. The first-order valence-corrected chi connectivity index (χ1v) is 13.8. The van der Waals surface area contributed by atoms with Gasteiger partial charge in [0.2, 0.25) is 0 Å². The molecule has 0 unspecified atom stereocenters. The van der Waals surface area contributed by atoms with Crippen LogP contribution in [-0.2, 0) is 11.8 Å². The highest BCUT2D eigenvalue weighted by atomic mass is 19.3. The molecule has 0 saturated carbocycles. The number of ether oxygens (including phenoxy) is 1. The van der Waals surface area contributed by atoms with Gasteiger partial charge in [0.05, 0.1) is 18.0 Å². The van der Waals surface area contributed by atoms with Crippen LogP contribution >= 0.6 is 0 Å². The molecule has 2 fully saturated rings. The molecule has 0 aliphatic carbocycles. The Morgan fingerprint density at radius 1 is 1.15 bits per heavy atom. The number of benzene rings is 1. The quantitative estimate of drug-likeness (QED) is 0.494. The molecule has 1 N–H and O–H groups in total. The van der Waals surface area contributed by atoms with Crippen LogP contribution in [0.25, 0.3) is 11.3 Å². The average molecular weight is 572 g/mol. The SMILES string of the molecule is CC(C)(C)c1noc(N2CCC3(CC2)Oc2cnc(-c4ccc(C(=O)N5CC[C@H](O)C5)cc4F)cc2CC3(F)F)n1. The number of halogens is 3. The molecule has 5 heterocycles. The lowest BCUT2D eigenvalue weighted by molar-refractivity contribution is -0.185. The molecule has 3 aromatic rings. The van der Waals surface area contributed by atoms with E-state index in [-0.39, 0.29) is 71.9 Å². The first-order valence-electron chi connectivity index (χ1n) is 13.8. The van der Waals surface area contributed by atoms with Crippen LogP contribution in [0.2, 0.25) is 0 Å². The van der Waals surface area contributed by atoms with Gasteiger partial charge in [0.25, 0.3) is 11.8 Å². The van der Waals surface area contributed by atoms with Crippen molar-refractivity contribution in [1.82, 2.24) is 20.0 Å². The number of aromatic nitrogens is 3. The third-order valence-corrected chi connectivity index (χ3v) is 8.20. The van der Waals surface area contributed by atoms with E-state index in [2.05, 4.69) is 15.1 Å². The molecule has 6 rings (SSSR count). The number of hydrogen-bond donors (Lipinski definition) is 1. The number of rotatable bonds is 3. The zero-order chi connectivity index (χ0) is 29.2. The Bertz CT molecular complexity index is 1480. The maximum absolute atomic E-state index is 15.7. The highest BCUT2D eigenvalue weighted by molar-refractivity contribution is 5.95. The number of aliphatic hydroxyl groups excluding tert-OH is 1. The Kier molecular flexibility index (Phi) is 6.51. The number of carbonyl (C=O) groups excluding carboxylic acids is 1. The number of piperidine rings is 1. The minimum atomic E-state index is -3.18. The van der Waals surface area contributed by atoms with Gasteiger partial charge in [-0.1, -0.05) is 25.9 Å². The first kappa shape index (κ1) is 27.5. The number of anilines is 1. The molecule has 9 nitrogen and oxygen atoms in total. The summed E-state index contributed by atoms with van der Waals surface area (Å²) in [4.78, 5) is 24.7. The molecule has 2 aromatic heterocycles. The van der Waals surface area contributed by atoms with Crippen molar-refractivity contribution in [2.45, 2.75) is 69.5 Å². The van der Waals surface area contributed by atoms with Crippen molar-refractivity contribution in [2.24, 2.45) is 0 Å². The molecule has 41 heavy (non-hydrogen) atoms. The van der Waals surface area contributed by atoms with Crippen molar-refractivity contribution in [3.8, 4) is 17.0 Å². The molecular formula is C29H32F3N5O4. The van der Waals surface area contributed by atoms with Crippen LogP contribution in [0.5, 0.6) is 5.75 Å². The Balaban J connectivity index is 1.19. The van der Waals surface area contributed by atoms with E-state index in [9.17, 15) is 9.90 Å². The molecule has 1 aromatic carbocycles. The Morgan fingerprint density at radius 2 is 1.90 bits per heavy atom. The van der Waals surface area contributed by atoms with Crippen molar-refractivity contribution < 1.29 is 32.3 Å². The van der Waals surface area contributed by atoms with Crippen LogP contribution in [0, 0.1) is 5.82 Å². The largest absolute Gasteiger partial charge is 0.479 e. The van der Waals surface area contributed by atoms with Gasteiger partial charge in [-0.05, 0) is 30.7 Å². The summed E-state index contributed by atoms with van der Waals surface area (Å²) in [5.74, 6) is -3.44. The van der Waals surface area contributed by atoms with E-state index in [1.807, 2.05) is 20.8 Å². The average Bonchev–Trinajstić information content (AvgIpc) is 3.59. The second-order valence-corrected chi connectivity index (χ2v) is 12.2. The number of nitrogens with zero attached hydrogens (tertiary/aromatic N) is 5. The van der Waals surface area contributed by atoms with Crippen LogP contribution in [0.3, 0.4) is 0 Å². The second-order valence-electron chi connectivity index (χ2n) is 12.2. The van der Waals surface area contributed by atoms with Crippen LogP contribution < -0.4 is 9.64 Å². The fraction of sp³-hybridized carbons (Fsp3) is 0.517. The van der Waals surface area contributed by atoms with E-state index < -0.39 is 29.9 Å². The topological polar surface area (TPSA) is 105 Å². The molecule has 1 amide bonds. The maximum Gasteiger partial charge on any atom is 0.324 e. The lowest BCUT2D eigenvalue weighted by atomic mass is 9.80. The Labute approximate surface area is 235 Å². The molecule has 2 saturated heterocycles. The zero-order valence-corrected chi connectivity index (χ0v) is 23.2. The standard InChI is InChI=1S/C29H32F3N5O4/c1-27(2,3)25-34-26(41-35-25)36-10-7-28(8-11-36)29(31,32)14-18-13-22(33-15-23(18)40-28)20-5-4-17(12-21(20)30)24(39)37-9-6-19(38)16-37/h4-5,12-13,15,19,38H,6-11,14,16H2,1-3H3/t19-/m0/s1. The molecule has 0 bridgehead atoms. The predicted molar refractivity (Wildman–Crippen MR) is 143 cm³/mol. The summed E-state index contributed by atoms with van der Waals surface area (Å²) < 4.78 is 57.9. The maximum atomic E-state index is 15.7. The van der Waals surface area contributed by atoms with Crippen molar-refractivity contribution in [3.63, 3.8) is 0 Å². The van der Waals surface area contributed by atoms with Gasteiger partial charge in [0.15, 0.2) is 11.4 Å². The number of pyridine rings is 1. The molecule has 0 radical (unpaired) electrons. The molecule has 218 valence electrons. The van der Waals surface area contributed by atoms with Gasteiger partial charge in [-0.15, -0.1) is 0 Å². The van der Waals surface area contributed by atoms with E-state index in [1.165, 1.54) is 29.3 Å².